The number of para-hydroxylation sites is 1. The number of alkyl halides is 2. The van der Waals surface area contributed by atoms with Crippen molar-refractivity contribution in [1.82, 2.24) is 15.5 Å². The van der Waals surface area contributed by atoms with Crippen LogP contribution >= 0.6 is 12.4 Å². The van der Waals surface area contributed by atoms with Crippen molar-refractivity contribution in [3.05, 3.63) is 65.0 Å². The van der Waals surface area contributed by atoms with Crippen LogP contribution in [-0.4, -0.2) is 37.0 Å². The Morgan fingerprint density at radius 2 is 1.82 bits per heavy atom. The Morgan fingerprint density at radius 1 is 1.12 bits per heavy atom. The minimum Gasteiger partial charge on any atom is -0.415 e. The first-order chi connectivity index (χ1) is 15.3. The molecule has 2 aromatic carbocycles. The molecule has 4 rings (SSSR count). The highest BCUT2D eigenvalue weighted by molar-refractivity contribution is 7.93. The van der Waals surface area contributed by atoms with Gasteiger partial charge in [-0.15, -0.1) is 22.6 Å². The fourth-order valence-corrected chi connectivity index (χ4v) is 5.38. The van der Waals surface area contributed by atoms with E-state index in [1.165, 1.54) is 0 Å². The van der Waals surface area contributed by atoms with Gasteiger partial charge in [0.15, 0.2) is 0 Å². The number of piperidine rings is 1. The Balaban J connectivity index is 0.00000306. The maximum atomic E-state index is 12.9. The van der Waals surface area contributed by atoms with Crippen molar-refractivity contribution in [3.63, 3.8) is 0 Å². The molecule has 0 bridgehead atoms. The minimum absolute atomic E-state index is 0. The highest BCUT2D eigenvalue weighted by Crippen LogP contribution is 2.28. The zero-order chi connectivity index (χ0) is 22.7. The van der Waals surface area contributed by atoms with Crippen LogP contribution in [0, 0.1) is 6.92 Å². The number of nitrogens with one attached hydrogen (secondary N) is 2. The molecule has 0 atom stereocenters. The van der Waals surface area contributed by atoms with E-state index in [1.807, 2.05) is 37.3 Å². The van der Waals surface area contributed by atoms with Gasteiger partial charge >= 0.3 is 6.43 Å². The molecule has 2 heterocycles. The van der Waals surface area contributed by atoms with Crippen molar-refractivity contribution in [2.75, 3.05) is 17.8 Å². The monoisotopic (exact) mass is 498 g/mol. The third kappa shape index (κ3) is 5.87. The van der Waals surface area contributed by atoms with E-state index in [0.717, 1.165) is 16.7 Å². The molecule has 178 valence electrons. The van der Waals surface area contributed by atoms with Crippen LogP contribution in [0.4, 0.5) is 14.5 Å². The zero-order valence-corrected chi connectivity index (χ0v) is 19.6. The molecule has 33 heavy (non-hydrogen) atoms. The summed E-state index contributed by atoms with van der Waals surface area (Å²) in [6.07, 6.45) is -1.15. The molecule has 1 aliphatic rings. The first kappa shape index (κ1) is 25.1. The van der Waals surface area contributed by atoms with Crippen molar-refractivity contribution in [2.24, 2.45) is 0 Å². The van der Waals surface area contributed by atoms with Gasteiger partial charge in [-0.2, -0.15) is 8.78 Å². The van der Waals surface area contributed by atoms with Gasteiger partial charge in [0.05, 0.1) is 10.9 Å². The summed E-state index contributed by atoms with van der Waals surface area (Å²) in [7, 11) is -3.50. The average molecular weight is 499 g/mol. The van der Waals surface area contributed by atoms with Gasteiger partial charge in [-0.05, 0) is 68.1 Å². The number of anilines is 1. The molecular formula is C22H25ClF2N4O3S. The summed E-state index contributed by atoms with van der Waals surface area (Å²) in [5.74, 6) is -0.688. The largest absolute Gasteiger partial charge is 0.415 e. The van der Waals surface area contributed by atoms with Crippen LogP contribution in [0.3, 0.4) is 0 Å². The van der Waals surface area contributed by atoms with Gasteiger partial charge in [0.1, 0.15) is 0 Å². The van der Waals surface area contributed by atoms with Crippen LogP contribution in [0.5, 0.6) is 0 Å². The first-order valence-electron chi connectivity index (χ1n) is 10.3. The van der Waals surface area contributed by atoms with E-state index in [0.29, 0.717) is 43.6 Å². The molecule has 1 aromatic heterocycles. The van der Waals surface area contributed by atoms with Gasteiger partial charge < -0.3 is 9.73 Å². The molecule has 1 aliphatic heterocycles. The molecule has 1 saturated heterocycles. The Bertz CT molecular complexity index is 1180. The van der Waals surface area contributed by atoms with Crippen LogP contribution in [0.15, 0.2) is 46.9 Å². The van der Waals surface area contributed by atoms with Crippen molar-refractivity contribution in [1.29, 1.82) is 0 Å². The summed E-state index contributed by atoms with van der Waals surface area (Å²) in [5.41, 5.74) is 3.77. The van der Waals surface area contributed by atoms with Gasteiger partial charge in [0.25, 0.3) is 5.89 Å². The zero-order valence-electron chi connectivity index (χ0n) is 17.9. The molecular weight excluding hydrogens is 474 g/mol. The molecule has 3 aromatic rings. The van der Waals surface area contributed by atoms with E-state index in [9.17, 15) is 17.2 Å². The van der Waals surface area contributed by atoms with Crippen LogP contribution < -0.4 is 10.0 Å². The highest BCUT2D eigenvalue weighted by Gasteiger charge is 2.28. The SMILES string of the molecule is Cc1cccc(Cc2ccc(-c3nnc(C(F)F)o3)cc2)c1NS(=O)(=O)C1CCNCC1.Cl. The first-order valence-corrected chi connectivity index (χ1v) is 11.9. The Kier molecular flexibility index (Phi) is 8.04. The second kappa shape index (κ2) is 10.6. The van der Waals surface area contributed by atoms with Gasteiger partial charge in [0, 0.05) is 5.56 Å². The fraction of sp³-hybridized carbons (Fsp3) is 0.364. The Labute approximate surface area is 197 Å². The van der Waals surface area contributed by atoms with E-state index < -0.39 is 27.6 Å². The summed E-state index contributed by atoms with van der Waals surface area (Å²) in [6.45, 7) is 3.26. The molecule has 11 heteroatoms. The molecule has 0 saturated carbocycles. The van der Waals surface area contributed by atoms with Crippen molar-refractivity contribution >= 4 is 28.1 Å². The van der Waals surface area contributed by atoms with Crippen LogP contribution in [0.2, 0.25) is 0 Å². The summed E-state index contributed by atoms with van der Waals surface area (Å²) < 4.78 is 59.0. The molecule has 0 aliphatic carbocycles. The lowest BCUT2D eigenvalue weighted by atomic mass is 10.00. The number of aromatic nitrogens is 2. The number of hydrogen-bond donors (Lipinski definition) is 2. The number of sulfonamides is 1. The molecule has 0 amide bonds. The number of benzene rings is 2. The summed E-state index contributed by atoms with van der Waals surface area (Å²) in [6, 6.07) is 12.8. The topological polar surface area (TPSA) is 97.1 Å². The summed E-state index contributed by atoms with van der Waals surface area (Å²) in [4.78, 5) is 0. The number of rotatable bonds is 7. The lowest BCUT2D eigenvalue weighted by Crippen LogP contribution is -2.38. The van der Waals surface area contributed by atoms with E-state index in [-0.39, 0.29) is 18.3 Å². The highest BCUT2D eigenvalue weighted by atomic mass is 35.5. The van der Waals surface area contributed by atoms with Crippen LogP contribution in [-0.2, 0) is 16.4 Å². The van der Waals surface area contributed by atoms with E-state index in [2.05, 4.69) is 20.2 Å². The molecule has 7 nitrogen and oxygen atoms in total. The van der Waals surface area contributed by atoms with Crippen molar-refractivity contribution in [2.45, 2.75) is 37.9 Å². The molecule has 0 spiro atoms. The van der Waals surface area contributed by atoms with Crippen LogP contribution in [0.1, 0.15) is 41.8 Å². The quantitative estimate of drug-likeness (QED) is 0.498. The lowest BCUT2D eigenvalue weighted by molar-refractivity contribution is 0.116. The Hall–Kier alpha value is -2.56. The van der Waals surface area contributed by atoms with Crippen molar-refractivity contribution < 1.29 is 21.6 Å². The minimum atomic E-state index is -3.50. The maximum Gasteiger partial charge on any atom is 0.314 e. The lowest BCUT2D eigenvalue weighted by Gasteiger charge is -2.24. The average Bonchev–Trinajstić information content (AvgIpc) is 3.28. The maximum absolute atomic E-state index is 12.9. The van der Waals surface area contributed by atoms with Crippen molar-refractivity contribution in [3.8, 4) is 11.5 Å². The van der Waals surface area contributed by atoms with Gasteiger partial charge in [-0.1, -0.05) is 30.3 Å². The normalized spacial score (nSPS) is 14.8. The second-order valence-electron chi connectivity index (χ2n) is 7.83. The predicted molar refractivity (Wildman–Crippen MR) is 124 cm³/mol. The van der Waals surface area contributed by atoms with Gasteiger partial charge in [-0.25, -0.2) is 8.42 Å². The number of hydrogen-bond acceptors (Lipinski definition) is 6. The number of aryl methyl sites for hydroxylation is 1. The van der Waals surface area contributed by atoms with E-state index in [4.69, 9.17) is 4.42 Å². The number of halogens is 3. The number of nitrogens with zero attached hydrogens (tertiary/aromatic N) is 2. The fourth-order valence-electron chi connectivity index (χ4n) is 3.78. The van der Waals surface area contributed by atoms with Crippen LogP contribution in [0.25, 0.3) is 11.5 Å². The summed E-state index contributed by atoms with van der Waals surface area (Å²) >= 11 is 0. The summed E-state index contributed by atoms with van der Waals surface area (Å²) in [5, 5.41) is 9.77. The second-order valence-corrected chi connectivity index (χ2v) is 9.79. The third-order valence-corrected chi connectivity index (χ3v) is 7.39. The third-order valence-electron chi connectivity index (χ3n) is 5.55. The standard InChI is InChI=1S/C22H24F2N4O3S.ClH/c1-14-3-2-4-17(19(14)28-32(29,30)18-9-11-25-12-10-18)13-15-5-7-16(8-6-15)21-26-27-22(31-21)20(23)24;/h2-8,18,20,25,28H,9-13H2,1H3;1H. The van der Waals surface area contributed by atoms with E-state index >= 15 is 0 Å². The Morgan fingerprint density at radius 3 is 2.45 bits per heavy atom. The van der Waals surface area contributed by atoms with E-state index in [1.54, 1.807) is 12.1 Å². The predicted octanol–water partition coefficient (Wildman–Crippen LogP) is 4.49. The molecule has 1 fully saturated rings. The van der Waals surface area contributed by atoms with Gasteiger partial charge in [-0.3, -0.25) is 4.72 Å². The molecule has 2 N–H and O–H groups in total. The smallest absolute Gasteiger partial charge is 0.314 e. The molecule has 0 radical (unpaired) electrons. The molecule has 0 unspecified atom stereocenters. The van der Waals surface area contributed by atoms with Gasteiger partial charge in [0.2, 0.25) is 15.9 Å².